The molecule has 1 atom stereocenters. The van der Waals surface area contributed by atoms with Crippen LogP contribution in [0.3, 0.4) is 0 Å². The van der Waals surface area contributed by atoms with Crippen molar-refractivity contribution in [2.24, 2.45) is 5.92 Å². The molecule has 4 nitrogen and oxygen atoms in total. The molecule has 82 valence electrons. The third-order valence-corrected chi connectivity index (χ3v) is 1.26. The van der Waals surface area contributed by atoms with E-state index in [1.807, 2.05) is 6.92 Å². The number of rotatable bonds is 6. The largest absolute Gasteiger partial charge is 0.397 e. The summed E-state index contributed by atoms with van der Waals surface area (Å²) in [5, 5.41) is 11.9. The predicted octanol–water partition coefficient (Wildman–Crippen LogP) is 1.93. The smallest absolute Gasteiger partial charge is 0.0879 e. The van der Waals surface area contributed by atoms with Crippen molar-refractivity contribution in [1.82, 2.24) is 0 Å². The van der Waals surface area contributed by atoms with Gasteiger partial charge in [-0.1, -0.05) is 25.3 Å². The van der Waals surface area contributed by atoms with Crippen molar-refractivity contribution in [2.75, 3.05) is 19.8 Å². The molecule has 0 radical (unpaired) electrons. The first-order valence-electron chi connectivity index (χ1n) is 4.74. The Hall–Kier alpha value is -0.160. The van der Waals surface area contributed by atoms with Crippen LogP contribution in [0.25, 0.3) is 0 Å². The lowest BCUT2D eigenvalue weighted by Crippen LogP contribution is -2.05. The van der Waals surface area contributed by atoms with Crippen molar-refractivity contribution in [3.05, 3.63) is 0 Å². The zero-order chi connectivity index (χ0) is 10.5. The van der Waals surface area contributed by atoms with Gasteiger partial charge in [-0.25, -0.2) is 9.78 Å². The third kappa shape index (κ3) is 18.7. The Morgan fingerprint density at radius 3 is 2.08 bits per heavy atom. The summed E-state index contributed by atoms with van der Waals surface area (Å²) < 4.78 is 0. The molecule has 0 amide bonds. The SMILES string of the molecule is CCO.CCOOOCC(C)CC. The van der Waals surface area contributed by atoms with Crippen molar-refractivity contribution in [2.45, 2.75) is 34.1 Å². The Bertz CT molecular complexity index is 78.0. The van der Waals surface area contributed by atoms with Gasteiger partial charge in [0.1, 0.15) is 0 Å². The molecule has 0 heterocycles. The van der Waals surface area contributed by atoms with Gasteiger partial charge in [0.25, 0.3) is 0 Å². The predicted molar refractivity (Wildman–Crippen MR) is 50.9 cm³/mol. The van der Waals surface area contributed by atoms with E-state index in [0.29, 0.717) is 19.1 Å². The highest BCUT2D eigenvalue weighted by Crippen LogP contribution is 2.00. The average Bonchev–Trinajstić information content (AvgIpc) is 2.13. The van der Waals surface area contributed by atoms with Crippen LogP contribution in [-0.2, 0) is 14.8 Å². The van der Waals surface area contributed by atoms with Gasteiger partial charge < -0.3 is 5.11 Å². The van der Waals surface area contributed by atoms with Crippen LogP contribution < -0.4 is 0 Å². The molecule has 1 N–H and O–H groups in total. The van der Waals surface area contributed by atoms with E-state index in [2.05, 4.69) is 23.8 Å². The van der Waals surface area contributed by atoms with Gasteiger partial charge in [0.15, 0.2) is 0 Å². The minimum atomic E-state index is 0.250. The fraction of sp³-hybridized carbons (Fsp3) is 1.00. The Balaban J connectivity index is 0. The molecule has 4 heteroatoms. The Morgan fingerprint density at radius 2 is 1.69 bits per heavy atom. The zero-order valence-corrected chi connectivity index (χ0v) is 9.08. The molecular weight excluding hydrogens is 172 g/mol. The fourth-order valence-corrected chi connectivity index (χ4v) is 0.344. The van der Waals surface area contributed by atoms with Gasteiger partial charge >= 0.3 is 0 Å². The molecule has 0 fully saturated rings. The minimum Gasteiger partial charge on any atom is -0.397 e. The molecule has 0 aromatic carbocycles. The first kappa shape index (κ1) is 15.3. The van der Waals surface area contributed by atoms with E-state index in [-0.39, 0.29) is 6.61 Å². The van der Waals surface area contributed by atoms with Gasteiger partial charge in [0, 0.05) is 6.61 Å². The van der Waals surface area contributed by atoms with Crippen LogP contribution in [0.5, 0.6) is 0 Å². The zero-order valence-electron chi connectivity index (χ0n) is 9.08. The molecule has 0 aromatic heterocycles. The molecule has 1 unspecified atom stereocenters. The van der Waals surface area contributed by atoms with Crippen molar-refractivity contribution in [3.8, 4) is 0 Å². The van der Waals surface area contributed by atoms with Gasteiger partial charge in [0.05, 0.1) is 13.2 Å². The van der Waals surface area contributed by atoms with E-state index in [1.165, 1.54) is 0 Å². The van der Waals surface area contributed by atoms with Crippen LogP contribution in [0.15, 0.2) is 0 Å². The summed E-state index contributed by atoms with van der Waals surface area (Å²) in [4.78, 5) is 9.21. The second kappa shape index (κ2) is 14.4. The molecule has 0 aliphatic carbocycles. The molecule has 0 rings (SSSR count). The van der Waals surface area contributed by atoms with Crippen molar-refractivity contribution < 1.29 is 19.9 Å². The maximum absolute atomic E-state index is 7.57. The van der Waals surface area contributed by atoms with Crippen molar-refractivity contribution in [1.29, 1.82) is 0 Å². The van der Waals surface area contributed by atoms with E-state index in [4.69, 9.17) is 9.99 Å². The van der Waals surface area contributed by atoms with Crippen LogP contribution in [0.1, 0.15) is 34.1 Å². The van der Waals surface area contributed by atoms with Gasteiger partial charge in [-0.3, -0.25) is 0 Å². The fourth-order valence-electron chi connectivity index (χ4n) is 0.344. The third-order valence-electron chi connectivity index (χ3n) is 1.26. The topological polar surface area (TPSA) is 47.9 Å². The van der Waals surface area contributed by atoms with Crippen molar-refractivity contribution >= 4 is 0 Å². The monoisotopic (exact) mass is 194 g/mol. The van der Waals surface area contributed by atoms with Crippen LogP contribution >= 0.6 is 0 Å². The lowest BCUT2D eigenvalue weighted by Gasteiger charge is -2.05. The van der Waals surface area contributed by atoms with E-state index >= 15 is 0 Å². The van der Waals surface area contributed by atoms with Gasteiger partial charge in [-0.05, 0) is 19.8 Å². The highest BCUT2D eigenvalue weighted by atomic mass is 17.5. The molecule has 0 aliphatic heterocycles. The molecular formula is C9H22O4. The lowest BCUT2D eigenvalue weighted by molar-refractivity contribution is -0.513. The molecule has 0 aliphatic rings. The Kier molecular flexibility index (Phi) is 16.9. The Morgan fingerprint density at radius 1 is 1.15 bits per heavy atom. The molecule has 0 saturated heterocycles. The van der Waals surface area contributed by atoms with Crippen LogP contribution in [0, 0.1) is 5.92 Å². The van der Waals surface area contributed by atoms with E-state index < -0.39 is 0 Å². The molecule has 13 heavy (non-hydrogen) atoms. The summed E-state index contributed by atoms with van der Waals surface area (Å²) in [7, 11) is 0. The quantitative estimate of drug-likeness (QED) is 0.399. The summed E-state index contributed by atoms with van der Waals surface area (Å²) in [6.45, 7) is 9.08. The highest BCUT2D eigenvalue weighted by molar-refractivity contribution is 4.42. The number of aliphatic hydroxyl groups excluding tert-OH is 1. The van der Waals surface area contributed by atoms with Gasteiger partial charge in [0.2, 0.25) is 0 Å². The summed E-state index contributed by atoms with van der Waals surface area (Å²) in [6, 6.07) is 0. The van der Waals surface area contributed by atoms with Gasteiger partial charge in [-0.2, -0.15) is 0 Å². The second-order valence-electron chi connectivity index (χ2n) is 2.59. The van der Waals surface area contributed by atoms with Gasteiger partial charge in [-0.15, -0.1) is 0 Å². The lowest BCUT2D eigenvalue weighted by atomic mass is 10.1. The number of aliphatic hydroxyl groups is 1. The first-order valence-corrected chi connectivity index (χ1v) is 4.74. The van der Waals surface area contributed by atoms with Crippen LogP contribution in [-0.4, -0.2) is 24.9 Å². The minimum absolute atomic E-state index is 0.250. The normalized spacial score (nSPS) is 11.8. The van der Waals surface area contributed by atoms with Crippen LogP contribution in [0.4, 0.5) is 0 Å². The number of hydrogen-bond acceptors (Lipinski definition) is 4. The van der Waals surface area contributed by atoms with Crippen LogP contribution in [0.2, 0.25) is 0 Å². The summed E-state index contributed by atoms with van der Waals surface area (Å²) in [5.74, 6) is 0.528. The average molecular weight is 194 g/mol. The summed E-state index contributed by atoms with van der Waals surface area (Å²) >= 11 is 0. The summed E-state index contributed by atoms with van der Waals surface area (Å²) in [6.07, 6.45) is 1.09. The maximum atomic E-state index is 7.57. The highest BCUT2D eigenvalue weighted by Gasteiger charge is 1.98. The number of hydrogen-bond donors (Lipinski definition) is 1. The van der Waals surface area contributed by atoms with E-state index in [9.17, 15) is 0 Å². The van der Waals surface area contributed by atoms with E-state index in [0.717, 1.165) is 6.42 Å². The van der Waals surface area contributed by atoms with Crippen molar-refractivity contribution in [3.63, 3.8) is 0 Å². The summed E-state index contributed by atoms with van der Waals surface area (Å²) in [5.41, 5.74) is 0. The molecule has 0 aromatic rings. The molecule has 0 spiro atoms. The Labute approximate surface area is 80.7 Å². The standard InChI is InChI=1S/C7H16O3.C2H6O/c1-4-7(3)6-9-10-8-5-2;1-2-3/h7H,4-6H2,1-3H3;3H,2H2,1H3. The second-order valence-corrected chi connectivity index (χ2v) is 2.59. The van der Waals surface area contributed by atoms with E-state index in [1.54, 1.807) is 6.92 Å². The molecule has 0 saturated carbocycles. The maximum Gasteiger partial charge on any atom is 0.0879 e. The first-order chi connectivity index (χ1) is 6.22. The molecule has 0 bridgehead atoms.